The lowest BCUT2D eigenvalue weighted by Gasteiger charge is -2.42. The molecule has 0 bridgehead atoms. The topological polar surface area (TPSA) is 88.8 Å². The monoisotopic (exact) mass is 631 g/mol. The van der Waals surface area contributed by atoms with E-state index in [1.54, 1.807) is 0 Å². The van der Waals surface area contributed by atoms with Crippen LogP contribution in [0.4, 0.5) is 15.9 Å². The maximum Gasteiger partial charge on any atom is 0.318 e. The van der Waals surface area contributed by atoms with E-state index in [1.165, 1.54) is 30.6 Å². The lowest BCUT2D eigenvalue weighted by Crippen LogP contribution is -2.55. The second kappa shape index (κ2) is 14.0. The van der Waals surface area contributed by atoms with Crippen LogP contribution in [-0.2, 0) is 17.8 Å². The molecule has 9 nitrogen and oxygen atoms in total. The summed E-state index contributed by atoms with van der Waals surface area (Å²) >= 11 is 6.70. The summed E-state index contributed by atoms with van der Waals surface area (Å²) in [7, 11) is 0. The predicted octanol–water partition coefficient (Wildman–Crippen LogP) is 5.51. The molecule has 2 aromatic carbocycles. The van der Waals surface area contributed by atoms with Gasteiger partial charge in [0.05, 0.1) is 35.8 Å². The Kier molecular flexibility index (Phi) is 9.67. The molecular weight excluding hydrogens is 593 g/mol. The molecule has 3 aliphatic rings. The van der Waals surface area contributed by atoms with Gasteiger partial charge in [0, 0.05) is 49.4 Å². The van der Waals surface area contributed by atoms with E-state index in [9.17, 15) is 14.4 Å². The summed E-state index contributed by atoms with van der Waals surface area (Å²) in [5.41, 5.74) is 2.97. The van der Waals surface area contributed by atoms with Crippen LogP contribution in [-0.4, -0.2) is 84.1 Å². The van der Waals surface area contributed by atoms with Crippen molar-refractivity contribution in [2.45, 2.75) is 51.1 Å². The molecular formula is C34H39ClFN7O2. The number of carbonyl (C=O) groups is 1. The van der Waals surface area contributed by atoms with Crippen LogP contribution in [0.15, 0.2) is 48.8 Å². The van der Waals surface area contributed by atoms with Crippen molar-refractivity contribution in [3.8, 4) is 12.1 Å². The molecule has 3 aromatic rings. The number of nitrogens with zero attached hydrogens (tertiary/aromatic N) is 7. The van der Waals surface area contributed by atoms with Gasteiger partial charge in [-0.1, -0.05) is 55.3 Å². The molecule has 2 fully saturated rings. The van der Waals surface area contributed by atoms with Gasteiger partial charge in [0.1, 0.15) is 12.4 Å². The van der Waals surface area contributed by atoms with Gasteiger partial charge in [-0.25, -0.2) is 4.39 Å². The summed E-state index contributed by atoms with van der Waals surface area (Å²) in [4.78, 5) is 30.7. The van der Waals surface area contributed by atoms with Crippen molar-refractivity contribution in [3.05, 3.63) is 65.1 Å². The molecule has 0 radical (unpaired) electrons. The van der Waals surface area contributed by atoms with E-state index in [1.807, 2.05) is 12.1 Å². The molecule has 1 aromatic heterocycles. The number of aromatic nitrogens is 2. The summed E-state index contributed by atoms with van der Waals surface area (Å²) in [6.07, 6.45) is 5.75. The minimum Gasteiger partial charge on any atom is -0.462 e. The standard InChI is InChI=1S/C34H39ClFN7O2/c1-24(36)33(44)43-19-18-42(22-26(43)12-14-37)32-27-13-17-41(30-11-7-9-25-8-6-10-28(35)31(25)30)23-29(27)38-34(39-32)45-21-20-40-15-4-2-3-5-16-40/h6-11,26H,1-5,12-13,15-23H2/t26-/m0/s1. The number of benzene rings is 2. The molecule has 6 rings (SSSR count). The van der Waals surface area contributed by atoms with Gasteiger partial charge in [0.15, 0.2) is 5.83 Å². The highest BCUT2D eigenvalue weighted by Crippen LogP contribution is 2.37. The number of piperazine rings is 1. The van der Waals surface area contributed by atoms with Crippen LogP contribution in [0.25, 0.3) is 10.8 Å². The largest absolute Gasteiger partial charge is 0.462 e. The van der Waals surface area contributed by atoms with Crippen molar-refractivity contribution in [1.29, 1.82) is 5.26 Å². The van der Waals surface area contributed by atoms with Crippen LogP contribution in [0, 0.1) is 11.3 Å². The number of rotatable bonds is 8. The SMILES string of the molecule is C=C(F)C(=O)N1CCN(c2nc(OCCN3CCCCCC3)nc3c2CCN(c2cccc4cccc(Cl)c24)C3)C[C@@H]1CC#N. The normalized spacial score (nSPS) is 19.1. The second-order valence-corrected chi connectivity index (χ2v) is 12.4. The number of likely N-dealkylation sites (tertiary alicyclic amines) is 1. The Morgan fingerprint density at radius 3 is 2.58 bits per heavy atom. The van der Waals surface area contributed by atoms with Gasteiger partial charge in [-0.3, -0.25) is 9.69 Å². The van der Waals surface area contributed by atoms with Crippen molar-refractivity contribution in [3.63, 3.8) is 0 Å². The summed E-state index contributed by atoms with van der Waals surface area (Å²) in [6.45, 7) is 9.00. The van der Waals surface area contributed by atoms with Crippen molar-refractivity contribution in [1.82, 2.24) is 19.8 Å². The Balaban J connectivity index is 1.30. The van der Waals surface area contributed by atoms with Gasteiger partial charge in [-0.2, -0.15) is 15.2 Å². The average molecular weight is 632 g/mol. The third-order valence-corrected chi connectivity index (χ3v) is 9.45. The molecule has 0 saturated carbocycles. The van der Waals surface area contributed by atoms with Gasteiger partial charge in [0.25, 0.3) is 5.91 Å². The van der Waals surface area contributed by atoms with Gasteiger partial charge in [-0.05, 0) is 49.9 Å². The van der Waals surface area contributed by atoms with Gasteiger partial charge in [0.2, 0.25) is 0 Å². The highest BCUT2D eigenvalue weighted by molar-refractivity contribution is 6.36. The van der Waals surface area contributed by atoms with Crippen LogP contribution in [0.5, 0.6) is 6.01 Å². The number of ether oxygens (including phenoxy) is 1. The van der Waals surface area contributed by atoms with E-state index in [4.69, 9.17) is 26.3 Å². The molecule has 11 heteroatoms. The van der Waals surface area contributed by atoms with Crippen LogP contribution in [0.1, 0.15) is 43.4 Å². The molecule has 4 heterocycles. The first-order valence-corrected chi connectivity index (χ1v) is 16.2. The number of carbonyl (C=O) groups excluding carboxylic acids is 1. The Morgan fingerprint density at radius 2 is 1.82 bits per heavy atom. The summed E-state index contributed by atoms with van der Waals surface area (Å²) < 4.78 is 20.1. The predicted molar refractivity (Wildman–Crippen MR) is 174 cm³/mol. The van der Waals surface area contributed by atoms with Crippen molar-refractivity contribution in [2.24, 2.45) is 0 Å². The molecule has 0 spiro atoms. The molecule has 0 aliphatic carbocycles. The zero-order chi connectivity index (χ0) is 31.3. The number of hydrogen-bond donors (Lipinski definition) is 0. The quantitative estimate of drug-likeness (QED) is 0.301. The van der Waals surface area contributed by atoms with E-state index in [0.717, 1.165) is 59.7 Å². The smallest absolute Gasteiger partial charge is 0.318 e. The van der Waals surface area contributed by atoms with Crippen molar-refractivity contribution < 1.29 is 13.9 Å². The van der Waals surface area contributed by atoms with Crippen LogP contribution < -0.4 is 14.5 Å². The third-order valence-electron chi connectivity index (χ3n) is 9.13. The first-order chi connectivity index (χ1) is 21.9. The van der Waals surface area contributed by atoms with Crippen LogP contribution >= 0.6 is 11.6 Å². The average Bonchev–Trinajstić information content (AvgIpc) is 3.33. The van der Waals surface area contributed by atoms with E-state index < -0.39 is 17.8 Å². The third kappa shape index (κ3) is 6.85. The molecule has 236 valence electrons. The Hall–Kier alpha value is -3.94. The fourth-order valence-electron chi connectivity index (χ4n) is 6.84. The summed E-state index contributed by atoms with van der Waals surface area (Å²) in [5, 5.41) is 12.3. The number of anilines is 2. The molecule has 2 saturated heterocycles. The zero-order valence-electron chi connectivity index (χ0n) is 25.6. The molecule has 0 N–H and O–H groups in total. The van der Waals surface area contributed by atoms with Gasteiger partial charge < -0.3 is 19.4 Å². The van der Waals surface area contributed by atoms with Gasteiger partial charge >= 0.3 is 6.01 Å². The van der Waals surface area contributed by atoms with E-state index in [2.05, 4.69) is 51.6 Å². The van der Waals surface area contributed by atoms with E-state index in [-0.39, 0.29) is 13.0 Å². The lowest BCUT2D eigenvalue weighted by molar-refractivity contribution is -0.131. The number of halogens is 2. The molecule has 0 unspecified atom stereocenters. The molecule has 3 aliphatic heterocycles. The first kappa shape index (κ1) is 31.1. The second-order valence-electron chi connectivity index (χ2n) is 12.0. The van der Waals surface area contributed by atoms with E-state index in [0.29, 0.717) is 43.7 Å². The molecule has 1 amide bonds. The zero-order valence-corrected chi connectivity index (χ0v) is 26.3. The molecule has 45 heavy (non-hydrogen) atoms. The summed E-state index contributed by atoms with van der Waals surface area (Å²) in [6, 6.07) is 14.2. The first-order valence-electron chi connectivity index (χ1n) is 15.9. The number of nitriles is 1. The highest BCUT2D eigenvalue weighted by Gasteiger charge is 2.35. The maximum absolute atomic E-state index is 13.8. The number of amides is 1. The highest BCUT2D eigenvalue weighted by atomic mass is 35.5. The van der Waals surface area contributed by atoms with Crippen LogP contribution in [0.3, 0.4) is 0 Å². The fourth-order valence-corrected chi connectivity index (χ4v) is 7.12. The fraction of sp³-hybridized carbons (Fsp3) is 0.471. The maximum atomic E-state index is 13.8. The van der Waals surface area contributed by atoms with Crippen molar-refractivity contribution in [2.75, 3.05) is 62.2 Å². The number of hydrogen-bond acceptors (Lipinski definition) is 8. The Morgan fingerprint density at radius 1 is 1.04 bits per heavy atom. The van der Waals surface area contributed by atoms with Gasteiger partial charge in [-0.15, -0.1) is 0 Å². The van der Waals surface area contributed by atoms with Crippen LogP contribution in [0.2, 0.25) is 5.02 Å². The minimum absolute atomic E-state index is 0.0810. The van der Waals surface area contributed by atoms with E-state index >= 15 is 0 Å². The Bertz CT molecular complexity index is 1600. The summed E-state index contributed by atoms with van der Waals surface area (Å²) in [5.74, 6) is -1.02. The Labute approximate surface area is 268 Å². The van der Waals surface area contributed by atoms with Crippen molar-refractivity contribution >= 4 is 39.8 Å². The lowest BCUT2D eigenvalue weighted by atomic mass is 10.0. The minimum atomic E-state index is -1.01. The molecule has 1 atom stereocenters. The number of fused-ring (bicyclic) bond motifs is 2.